The molecule has 0 aromatic heterocycles. The molecule has 11 heteroatoms. The molecule has 4 N–H and O–H groups in total. The van der Waals surface area contributed by atoms with Crippen molar-refractivity contribution in [2.24, 2.45) is 5.73 Å². The van der Waals surface area contributed by atoms with Crippen molar-refractivity contribution in [3.8, 4) is 0 Å². The van der Waals surface area contributed by atoms with Gasteiger partial charge in [0.25, 0.3) is 0 Å². The van der Waals surface area contributed by atoms with E-state index in [-0.39, 0.29) is 13.0 Å². The molecule has 0 rings (SSSR count). The number of rotatable bonds is 38. The Kier molecular flexibility index (Phi) is 36.3. The van der Waals surface area contributed by atoms with E-state index in [2.05, 4.69) is 74.6 Å². The van der Waals surface area contributed by atoms with Crippen LogP contribution in [0.5, 0.6) is 0 Å². The third-order valence-corrected chi connectivity index (χ3v) is 9.23. The highest BCUT2D eigenvalue weighted by atomic mass is 31.2. The summed E-state index contributed by atoms with van der Waals surface area (Å²) in [6.45, 7) is 3.68. The molecule has 0 aliphatic rings. The van der Waals surface area contributed by atoms with Crippen LogP contribution in [-0.2, 0) is 32.7 Å². The van der Waals surface area contributed by atoms with Gasteiger partial charge in [0.2, 0.25) is 0 Å². The largest absolute Gasteiger partial charge is 0.480 e. The molecule has 0 saturated carbocycles. The summed E-state index contributed by atoms with van der Waals surface area (Å²) in [5, 5.41) is 8.88. The van der Waals surface area contributed by atoms with Crippen molar-refractivity contribution in [1.29, 1.82) is 0 Å². The SMILES string of the molecule is CC/C=C\C/C=C\C/C=C\C/C=C\CCCCCCCCC(=O)OC(COCCCCCCCC/C=C\CCCC)COP(=O)(O)OCC(N)C(=O)O. The minimum absolute atomic E-state index is 0.00399. The molecule has 0 aromatic carbocycles. The van der Waals surface area contributed by atoms with Crippen molar-refractivity contribution >= 4 is 19.8 Å². The van der Waals surface area contributed by atoms with E-state index in [1.165, 1.54) is 38.5 Å². The number of allylic oxidation sites excluding steroid dienone is 10. The monoisotopic (exact) mass is 768 g/mol. The number of unbranched alkanes of at least 4 members (excludes halogenated alkanes) is 14. The highest BCUT2D eigenvalue weighted by Gasteiger charge is 2.27. The van der Waals surface area contributed by atoms with Crippen LogP contribution in [0.25, 0.3) is 0 Å². The molecular weight excluding hydrogens is 693 g/mol. The smallest absolute Gasteiger partial charge is 0.472 e. The number of phosphoric acid groups is 1. The fourth-order valence-electron chi connectivity index (χ4n) is 5.10. The number of ether oxygens (including phenoxy) is 2. The highest BCUT2D eigenvalue weighted by Crippen LogP contribution is 2.43. The maximum absolute atomic E-state index is 12.6. The number of carbonyl (C=O) groups is 2. The second-order valence-electron chi connectivity index (χ2n) is 13.4. The Hall–Kier alpha value is -2.33. The van der Waals surface area contributed by atoms with Crippen molar-refractivity contribution in [1.82, 2.24) is 0 Å². The quantitative estimate of drug-likeness (QED) is 0.0239. The van der Waals surface area contributed by atoms with Crippen LogP contribution in [0.2, 0.25) is 0 Å². The molecule has 3 unspecified atom stereocenters. The van der Waals surface area contributed by atoms with Gasteiger partial charge >= 0.3 is 19.8 Å². The molecule has 53 heavy (non-hydrogen) atoms. The number of hydrogen-bond acceptors (Lipinski definition) is 8. The van der Waals surface area contributed by atoms with Crippen LogP contribution in [0, 0.1) is 0 Å². The average molecular weight is 768 g/mol. The number of hydrogen-bond donors (Lipinski definition) is 3. The van der Waals surface area contributed by atoms with Crippen LogP contribution in [0.3, 0.4) is 0 Å². The zero-order chi connectivity index (χ0) is 39.1. The number of carbonyl (C=O) groups excluding carboxylic acids is 1. The predicted molar refractivity (Wildman–Crippen MR) is 217 cm³/mol. The van der Waals surface area contributed by atoms with Crippen LogP contribution in [-0.4, -0.2) is 60.5 Å². The van der Waals surface area contributed by atoms with E-state index >= 15 is 0 Å². The Morgan fingerprint density at radius 2 is 1.09 bits per heavy atom. The number of esters is 1. The molecule has 0 bridgehead atoms. The van der Waals surface area contributed by atoms with E-state index in [0.717, 1.165) is 89.9 Å². The maximum atomic E-state index is 12.6. The zero-order valence-electron chi connectivity index (χ0n) is 33.1. The van der Waals surface area contributed by atoms with Crippen molar-refractivity contribution in [2.45, 2.75) is 167 Å². The fourth-order valence-corrected chi connectivity index (χ4v) is 5.88. The standard InChI is InChI=1S/C42H74NO9P/c1-3-5-7-9-11-13-15-17-18-19-20-21-22-23-24-26-28-30-32-34-41(44)52-39(37-50-53(47,48)51-38-40(43)42(45)46)36-49-35-33-31-29-27-25-16-14-12-10-8-6-4-2/h5,7,10-13,17-18,20-21,39-40H,3-4,6,8-9,14-16,19,22-38,43H2,1-2H3,(H,45,46)(H,47,48)/b7-5-,12-10-,13-11-,18-17-,21-20-. The maximum Gasteiger partial charge on any atom is 0.472 e. The molecule has 0 aromatic rings. The number of phosphoric ester groups is 1. The van der Waals surface area contributed by atoms with Gasteiger partial charge in [-0.05, 0) is 70.6 Å². The summed E-state index contributed by atoms with van der Waals surface area (Å²) >= 11 is 0. The Morgan fingerprint density at radius 1 is 0.623 bits per heavy atom. The Balaban J connectivity index is 4.30. The summed E-state index contributed by atoms with van der Waals surface area (Å²) in [6, 6.07) is -1.48. The van der Waals surface area contributed by atoms with Crippen molar-refractivity contribution in [2.75, 3.05) is 26.4 Å². The minimum Gasteiger partial charge on any atom is -0.480 e. The van der Waals surface area contributed by atoms with E-state index in [0.29, 0.717) is 13.0 Å². The zero-order valence-corrected chi connectivity index (χ0v) is 34.0. The van der Waals surface area contributed by atoms with Crippen LogP contribution in [0.4, 0.5) is 0 Å². The first kappa shape index (κ1) is 50.7. The van der Waals surface area contributed by atoms with E-state index < -0.39 is 45.1 Å². The van der Waals surface area contributed by atoms with Gasteiger partial charge in [-0.3, -0.25) is 18.6 Å². The Morgan fingerprint density at radius 3 is 1.66 bits per heavy atom. The van der Waals surface area contributed by atoms with Crippen LogP contribution in [0.1, 0.15) is 155 Å². The lowest BCUT2D eigenvalue weighted by Crippen LogP contribution is -2.34. The fraction of sp³-hybridized carbons (Fsp3) is 0.714. The number of carboxylic acid groups (broad SMARTS) is 1. The lowest BCUT2D eigenvalue weighted by atomic mass is 10.1. The predicted octanol–water partition coefficient (Wildman–Crippen LogP) is 10.9. The molecule has 0 amide bonds. The van der Waals surface area contributed by atoms with Gasteiger partial charge in [0.05, 0.1) is 19.8 Å². The molecule has 0 radical (unpaired) electrons. The molecule has 0 aliphatic carbocycles. The van der Waals surface area contributed by atoms with Crippen molar-refractivity contribution in [3.05, 3.63) is 60.8 Å². The average Bonchev–Trinajstić information content (AvgIpc) is 3.13. The third-order valence-electron chi connectivity index (χ3n) is 8.28. The molecule has 306 valence electrons. The molecule has 0 spiro atoms. The third kappa shape index (κ3) is 37.8. The van der Waals surface area contributed by atoms with Gasteiger partial charge in [0.15, 0.2) is 0 Å². The lowest BCUT2D eigenvalue weighted by molar-refractivity contribution is -0.154. The molecule has 0 heterocycles. The van der Waals surface area contributed by atoms with E-state index in [9.17, 15) is 19.0 Å². The highest BCUT2D eigenvalue weighted by molar-refractivity contribution is 7.47. The van der Waals surface area contributed by atoms with Gasteiger partial charge in [0, 0.05) is 13.0 Å². The van der Waals surface area contributed by atoms with E-state index in [4.69, 9.17) is 29.4 Å². The van der Waals surface area contributed by atoms with Crippen LogP contribution < -0.4 is 5.73 Å². The minimum atomic E-state index is -4.62. The van der Waals surface area contributed by atoms with Gasteiger partial charge in [-0.2, -0.15) is 0 Å². The molecule has 0 fully saturated rings. The molecule has 3 atom stereocenters. The van der Waals surface area contributed by atoms with Crippen LogP contribution in [0.15, 0.2) is 60.8 Å². The van der Waals surface area contributed by atoms with E-state index in [1.54, 1.807) is 0 Å². The first-order valence-corrected chi connectivity index (χ1v) is 21.8. The normalized spacial score (nSPS) is 14.6. The Labute approximate surface area is 322 Å². The first-order valence-electron chi connectivity index (χ1n) is 20.3. The molecule has 0 saturated heterocycles. The summed E-state index contributed by atoms with van der Waals surface area (Å²) in [6.07, 6.45) is 44.1. The van der Waals surface area contributed by atoms with E-state index in [1.807, 2.05) is 0 Å². The topological polar surface area (TPSA) is 155 Å². The number of aliphatic carboxylic acids is 1. The molecular formula is C42H74NO9P. The second kappa shape index (κ2) is 38.0. The number of carboxylic acids is 1. The van der Waals surface area contributed by atoms with Gasteiger partial charge in [-0.15, -0.1) is 0 Å². The second-order valence-corrected chi connectivity index (χ2v) is 14.8. The molecule has 10 nitrogen and oxygen atoms in total. The lowest BCUT2D eigenvalue weighted by Gasteiger charge is -2.20. The van der Waals surface area contributed by atoms with Gasteiger partial charge in [-0.25, -0.2) is 4.57 Å². The van der Waals surface area contributed by atoms with Gasteiger partial charge in [-0.1, -0.05) is 139 Å². The van der Waals surface area contributed by atoms with Crippen molar-refractivity contribution in [3.63, 3.8) is 0 Å². The number of nitrogens with two attached hydrogens (primary N) is 1. The molecule has 0 aliphatic heterocycles. The Bertz CT molecular complexity index is 1070. The summed E-state index contributed by atoms with van der Waals surface area (Å²) in [5.74, 6) is -1.80. The summed E-state index contributed by atoms with van der Waals surface area (Å²) in [5.41, 5.74) is 5.34. The van der Waals surface area contributed by atoms with Crippen LogP contribution >= 0.6 is 7.82 Å². The first-order chi connectivity index (χ1) is 25.7. The summed E-state index contributed by atoms with van der Waals surface area (Å²) < 4.78 is 33.2. The summed E-state index contributed by atoms with van der Waals surface area (Å²) in [4.78, 5) is 33.5. The van der Waals surface area contributed by atoms with Gasteiger partial charge in [0.1, 0.15) is 12.1 Å². The van der Waals surface area contributed by atoms with Crippen molar-refractivity contribution < 1.29 is 42.7 Å². The summed E-state index contributed by atoms with van der Waals surface area (Å²) in [7, 11) is -4.62. The van der Waals surface area contributed by atoms with Gasteiger partial charge < -0.3 is 25.2 Å².